The monoisotopic (exact) mass is 329 g/mol. The third kappa shape index (κ3) is 8.56. The van der Waals surface area contributed by atoms with E-state index < -0.39 is 29.6 Å². The number of esters is 1. The van der Waals surface area contributed by atoms with Gasteiger partial charge in [-0.25, -0.2) is 9.59 Å². The van der Waals surface area contributed by atoms with Gasteiger partial charge in [0.05, 0.1) is 13.2 Å². The van der Waals surface area contributed by atoms with Crippen molar-refractivity contribution in [3.8, 4) is 0 Å². The van der Waals surface area contributed by atoms with E-state index in [1.165, 1.54) is 6.08 Å². The predicted octanol–water partition coefficient (Wildman–Crippen LogP) is 2.50. The summed E-state index contributed by atoms with van der Waals surface area (Å²) in [7, 11) is 0. The smallest absolute Gasteiger partial charge is 0.412 e. The summed E-state index contributed by atoms with van der Waals surface area (Å²) in [6.07, 6.45) is 0.703. The highest BCUT2D eigenvalue weighted by molar-refractivity contribution is 5.92. The summed E-state index contributed by atoms with van der Waals surface area (Å²) in [4.78, 5) is 24.1. The molecule has 7 nitrogen and oxygen atoms in total. The number of alkyl carbamates (subject to hydrolysis) is 1. The molecule has 0 saturated carbocycles. The second kappa shape index (κ2) is 7.79. The molecule has 0 aliphatic carbocycles. The second-order valence-corrected chi connectivity index (χ2v) is 7.15. The number of hydrogen-bond acceptors (Lipinski definition) is 6. The van der Waals surface area contributed by atoms with Gasteiger partial charge in [-0.2, -0.15) is 0 Å². The molecule has 0 aromatic carbocycles. The van der Waals surface area contributed by atoms with Crippen LogP contribution in [-0.4, -0.2) is 42.8 Å². The van der Waals surface area contributed by atoms with Gasteiger partial charge in [0.15, 0.2) is 6.29 Å². The molecule has 23 heavy (non-hydrogen) atoms. The normalized spacial score (nSPS) is 17.0. The van der Waals surface area contributed by atoms with Gasteiger partial charge in [0.2, 0.25) is 0 Å². The number of amides is 1. The maximum absolute atomic E-state index is 12.2. The summed E-state index contributed by atoms with van der Waals surface area (Å²) in [6.45, 7) is 11.5. The Kier molecular flexibility index (Phi) is 6.58. The lowest BCUT2D eigenvalue weighted by atomic mass is 10.2. The average molecular weight is 329 g/mol. The average Bonchev–Trinajstić information content (AvgIpc) is 2.82. The molecule has 0 spiro atoms. The van der Waals surface area contributed by atoms with Gasteiger partial charge >= 0.3 is 12.1 Å². The molecule has 1 aliphatic heterocycles. The number of ether oxygens (including phenoxy) is 4. The summed E-state index contributed by atoms with van der Waals surface area (Å²) in [5, 5.41) is 2.43. The number of rotatable bonds is 4. The van der Waals surface area contributed by atoms with Crippen LogP contribution in [-0.2, 0) is 23.7 Å². The first kappa shape index (κ1) is 19.4. The highest BCUT2D eigenvalue weighted by Crippen LogP contribution is 2.14. The van der Waals surface area contributed by atoms with Gasteiger partial charge < -0.3 is 18.9 Å². The van der Waals surface area contributed by atoms with Gasteiger partial charge in [-0.05, 0) is 47.6 Å². The molecule has 1 aliphatic rings. The Morgan fingerprint density at radius 2 is 1.57 bits per heavy atom. The van der Waals surface area contributed by atoms with Gasteiger partial charge in [0, 0.05) is 6.42 Å². The topological polar surface area (TPSA) is 83.1 Å². The molecule has 0 aromatic rings. The number of carbonyl (C=O) groups is 2. The predicted molar refractivity (Wildman–Crippen MR) is 83.6 cm³/mol. The Balaban J connectivity index is 2.76. The zero-order valence-electron chi connectivity index (χ0n) is 14.7. The molecule has 1 heterocycles. The number of carbonyl (C=O) groups excluding carboxylic acids is 2. The first-order valence-electron chi connectivity index (χ1n) is 7.63. The Labute approximate surface area is 137 Å². The van der Waals surface area contributed by atoms with Crippen LogP contribution in [0.5, 0.6) is 0 Å². The number of nitrogens with one attached hydrogen (secondary N) is 1. The lowest BCUT2D eigenvalue weighted by Crippen LogP contribution is -2.36. The van der Waals surface area contributed by atoms with Crippen molar-refractivity contribution in [2.75, 3.05) is 13.2 Å². The molecule has 1 saturated heterocycles. The van der Waals surface area contributed by atoms with Crippen molar-refractivity contribution in [1.29, 1.82) is 0 Å². The summed E-state index contributed by atoms with van der Waals surface area (Å²) < 4.78 is 21.1. The fourth-order valence-electron chi connectivity index (χ4n) is 1.69. The Morgan fingerprint density at radius 1 is 1.04 bits per heavy atom. The lowest BCUT2D eigenvalue weighted by Gasteiger charge is -2.23. The highest BCUT2D eigenvalue weighted by atomic mass is 16.7. The Bertz CT molecular complexity index is 452. The SMILES string of the molecule is CC(C)(C)OC(=O)N/C(=C\CC1OCCO1)C(=O)OC(C)(C)C. The minimum absolute atomic E-state index is 0.00766. The molecule has 0 bridgehead atoms. The zero-order valence-corrected chi connectivity index (χ0v) is 14.7. The lowest BCUT2D eigenvalue weighted by molar-refractivity contribution is -0.150. The van der Waals surface area contributed by atoms with Crippen LogP contribution in [0.1, 0.15) is 48.0 Å². The van der Waals surface area contributed by atoms with Gasteiger partial charge in [0.25, 0.3) is 0 Å². The minimum Gasteiger partial charge on any atom is -0.455 e. The minimum atomic E-state index is -0.720. The standard InChI is InChI=1S/C16H27NO6/c1-15(2,3)22-13(18)11(7-8-12-20-9-10-21-12)17-14(19)23-16(4,5)6/h7,12H,8-10H2,1-6H3,(H,17,19)/b11-7-. The molecule has 1 amide bonds. The molecule has 0 unspecified atom stereocenters. The van der Waals surface area contributed by atoms with Gasteiger partial charge in [-0.3, -0.25) is 5.32 Å². The molecular formula is C16H27NO6. The van der Waals surface area contributed by atoms with Crippen LogP contribution in [0.3, 0.4) is 0 Å². The number of hydrogen-bond donors (Lipinski definition) is 1. The van der Waals surface area contributed by atoms with E-state index in [1.807, 2.05) is 0 Å². The van der Waals surface area contributed by atoms with Crippen molar-refractivity contribution in [3.05, 3.63) is 11.8 Å². The van der Waals surface area contributed by atoms with E-state index in [0.29, 0.717) is 19.6 Å². The largest absolute Gasteiger partial charge is 0.455 e. The van der Waals surface area contributed by atoms with Crippen LogP contribution in [0.4, 0.5) is 4.79 Å². The third-order valence-electron chi connectivity index (χ3n) is 2.46. The molecule has 132 valence electrons. The van der Waals surface area contributed by atoms with Crippen molar-refractivity contribution >= 4 is 12.1 Å². The molecule has 1 fully saturated rings. The molecule has 0 aromatic heterocycles. The first-order chi connectivity index (χ1) is 10.5. The van der Waals surface area contributed by atoms with Crippen molar-refractivity contribution in [3.63, 3.8) is 0 Å². The molecule has 0 radical (unpaired) electrons. The summed E-state index contributed by atoms with van der Waals surface area (Å²) in [6, 6.07) is 0. The Hall–Kier alpha value is -1.60. The fraction of sp³-hybridized carbons (Fsp3) is 0.750. The summed E-state index contributed by atoms with van der Waals surface area (Å²) in [5.74, 6) is -0.638. The Morgan fingerprint density at radius 3 is 2.04 bits per heavy atom. The summed E-state index contributed by atoms with van der Waals surface area (Å²) >= 11 is 0. The quantitative estimate of drug-likeness (QED) is 0.630. The van der Waals surface area contributed by atoms with E-state index in [1.54, 1.807) is 41.5 Å². The molecule has 1 rings (SSSR count). The van der Waals surface area contributed by atoms with E-state index >= 15 is 0 Å². The van der Waals surface area contributed by atoms with E-state index in [9.17, 15) is 9.59 Å². The maximum Gasteiger partial charge on any atom is 0.412 e. The van der Waals surface area contributed by atoms with Crippen molar-refractivity contribution in [2.45, 2.75) is 65.5 Å². The molecule has 1 N–H and O–H groups in total. The maximum atomic E-state index is 12.2. The first-order valence-corrected chi connectivity index (χ1v) is 7.63. The van der Waals surface area contributed by atoms with Gasteiger partial charge in [-0.15, -0.1) is 0 Å². The van der Waals surface area contributed by atoms with Crippen molar-refractivity contribution in [2.24, 2.45) is 0 Å². The second-order valence-electron chi connectivity index (χ2n) is 7.15. The van der Waals surface area contributed by atoms with E-state index in [4.69, 9.17) is 18.9 Å². The highest BCUT2D eigenvalue weighted by Gasteiger charge is 2.25. The zero-order chi connectivity index (χ0) is 17.7. The van der Waals surface area contributed by atoms with E-state index in [2.05, 4.69) is 5.32 Å². The van der Waals surface area contributed by atoms with Crippen LogP contribution in [0.2, 0.25) is 0 Å². The van der Waals surface area contributed by atoms with E-state index in [-0.39, 0.29) is 5.70 Å². The van der Waals surface area contributed by atoms with Crippen LogP contribution >= 0.6 is 0 Å². The fourth-order valence-corrected chi connectivity index (χ4v) is 1.69. The summed E-state index contributed by atoms with van der Waals surface area (Å²) in [5.41, 5.74) is -1.33. The van der Waals surface area contributed by atoms with Crippen molar-refractivity contribution in [1.82, 2.24) is 5.32 Å². The molecule has 7 heteroatoms. The van der Waals surface area contributed by atoms with Gasteiger partial charge in [-0.1, -0.05) is 0 Å². The van der Waals surface area contributed by atoms with Crippen LogP contribution < -0.4 is 5.32 Å². The van der Waals surface area contributed by atoms with E-state index in [0.717, 1.165) is 0 Å². The molecule has 0 atom stereocenters. The van der Waals surface area contributed by atoms with Crippen LogP contribution in [0.15, 0.2) is 11.8 Å². The van der Waals surface area contributed by atoms with Crippen LogP contribution in [0, 0.1) is 0 Å². The molecular weight excluding hydrogens is 302 g/mol. The van der Waals surface area contributed by atoms with Crippen LogP contribution in [0.25, 0.3) is 0 Å². The van der Waals surface area contributed by atoms with Crippen molar-refractivity contribution < 1.29 is 28.5 Å². The van der Waals surface area contributed by atoms with Gasteiger partial charge in [0.1, 0.15) is 16.9 Å². The third-order valence-corrected chi connectivity index (χ3v) is 2.46.